The maximum absolute atomic E-state index is 12.5. The van der Waals surface area contributed by atoms with Gasteiger partial charge in [-0.05, 0) is 58.3 Å². The van der Waals surface area contributed by atoms with Gasteiger partial charge in [0.2, 0.25) is 5.17 Å². The average Bonchev–Trinajstić information content (AvgIpc) is 3.24. The van der Waals surface area contributed by atoms with Crippen molar-refractivity contribution < 1.29 is 9.53 Å². The molecule has 0 saturated carbocycles. The molecule has 2 heterocycles. The summed E-state index contributed by atoms with van der Waals surface area (Å²) in [6.07, 6.45) is 2.41. The van der Waals surface area contributed by atoms with Crippen LogP contribution in [0.25, 0.3) is 16.8 Å². The molecule has 158 valence electrons. The summed E-state index contributed by atoms with van der Waals surface area (Å²) < 4.78 is 5.99. The zero-order valence-electron chi connectivity index (χ0n) is 17.4. The standard InChI is InChI=1S/C25H20N4O2S/c1-2-22-28-29-23(26)21(24(30)27-25(29)32-22)14-16-10-12-19(13-11-16)31-15-18-8-5-7-17-6-3-4-9-20(17)18/h3-14,26H,2,15H2,1H3. The molecule has 0 fully saturated rings. The van der Waals surface area contributed by atoms with E-state index in [0.717, 1.165) is 28.3 Å². The van der Waals surface area contributed by atoms with Crippen LogP contribution in [0, 0.1) is 5.41 Å². The number of carbonyl (C=O) groups excluding carboxylic acids is 1. The van der Waals surface area contributed by atoms with Crippen LogP contribution in [0.5, 0.6) is 5.75 Å². The molecule has 0 saturated heterocycles. The molecule has 5 rings (SSSR count). The quantitative estimate of drug-likeness (QED) is 0.535. The summed E-state index contributed by atoms with van der Waals surface area (Å²) in [6.45, 7) is 2.45. The van der Waals surface area contributed by atoms with Gasteiger partial charge in [0.05, 0.1) is 5.57 Å². The van der Waals surface area contributed by atoms with E-state index in [1.165, 1.54) is 27.5 Å². The van der Waals surface area contributed by atoms with Crippen LogP contribution in [0.3, 0.4) is 0 Å². The summed E-state index contributed by atoms with van der Waals surface area (Å²) in [5.74, 6) is 0.364. The van der Waals surface area contributed by atoms with E-state index in [-0.39, 0.29) is 11.4 Å². The average molecular weight is 441 g/mol. The number of thioether (sulfide) groups is 1. The van der Waals surface area contributed by atoms with Crippen molar-refractivity contribution in [2.75, 3.05) is 0 Å². The second-order valence-electron chi connectivity index (χ2n) is 7.36. The van der Waals surface area contributed by atoms with E-state index < -0.39 is 5.91 Å². The van der Waals surface area contributed by atoms with Gasteiger partial charge >= 0.3 is 0 Å². The number of rotatable bonds is 5. The Balaban J connectivity index is 1.32. The number of hydrazone groups is 1. The Morgan fingerprint density at radius 2 is 1.84 bits per heavy atom. The van der Waals surface area contributed by atoms with Gasteiger partial charge in [0.1, 0.15) is 17.4 Å². The molecule has 3 aromatic rings. The van der Waals surface area contributed by atoms with E-state index in [4.69, 9.17) is 10.1 Å². The van der Waals surface area contributed by atoms with Gasteiger partial charge in [-0.2, -0.15) is 15.1 Å². The van der Waals surface area contributed by atoms with Gasteiger partial charge in [-0.1, -0.05) is 61.5 Å². The zero-order valence-corrected chi connectivity index (χ0v) is 18.2. The SMILES string of the molecule is CCC1=NN2C(=N)C(=Cc3ccc(OCc4cccc5ccccc45)cc3)C(=O)N=C2S1. The Morgan fingerprint density at radius 3 is 2.66 bits per heavy atom. The summed E-state index contributed by atoms with van der Waals surface area (Å²) in [5.41, 5.74) is 2.14. The van der Waals surface area contributed by atoms with Crippen molar-refractivity contribution in [1.29, 1.82) is 5.41 Å². The van der Waals surface area contributed by atoms with Gasteiger partial charge in [-0.25, -0.2) is 0 Å². The maximum atomic E-state index is 12.5. The number of hydrogen-bond donors (Lipinski definition) is 1. The minimum absolute atomic E-state index is 0.0484. The number of hydrogen-bond acceptors (Lipinski definition) is 5. The van der Waals surface area contributed by atoms with Crippen molar-refractivity contribution in [1.82, 2.24) is 5.01 Å². The van der Waals surface area contributed by atoms with E-state index in [1.807, 2.05) is 49.4 Å². The van der Waals surface area contributed by atoms with Gasteiger partial charge in [-0.15, -0.1) is 0 Å². The molecule has 6 nitrogen and oxygen atoms in total. The van der Waals surface area contributed by atoms with E-state index >= 15 is 0 Å². The molecule has 32 heavy (non-hydrogen) atoms. The van der Waals surface area contributed by atoms with E-state index in [9.17, 15) is 4.79 Å². The van der Waals surface area contributed by atoms with Crippen molar-refractivity contribution in [3.63, 3.8) is 0 Å². The van der Waals surface area contributed by atoms with Crippen LogP contribution in [0.15, 0.2) is 82.4 Å². The molecule has 0 radical (unpaired) electrons. The summed E-state index contributed by atoms with van der Waals surface area (Å²) >= 11 is 1.34. The zero-order chi connectivity index (χ0) is 22.1. The van der Waals surface area contributed by atoms with Crippen molar-refractivity contribution in [2.45, 2.75) is 20.0 Å². The molecule has 2 aliphatic heterocycles. The molecule has 3 aromatic carbocycles. The lowest BCUT2D eigenvalue weighted by atomic mass is 10.1. The molecule has 1 N–H and O–H groups in total. The first-order valence-corrected chi connectivity index (χ1v) is 11.1. The minimum atomic E-state index is -0.419. The van der Waals surface area contributed by atoms with E-state index in [1.54, 1.807) is 6.08 Å². The van der Waals surface area contributed by atoms with Crippen molar-refractivity contribution in [2.24, 2.45) is 10.1 Å². The van der Waals surface area contributed by atoms with Gasteiger partial charge in [0.15, 0.2) is 5.84 Å². The van der Waals surface area contributed by atoms with Crippen LogP contribution in [-0.4, -0.2) is 27.0 Å². The van der Waals surface area contributed by atoms with Crippen LogP contribution in [0.2, 0.25) is 0 Å². The van der Waals surface area contributed by atoms with Crippen molar-refractivity contribution >= 4 is 50.6 Å². The summed E-state index contributed by atoms with van der Waals surface area (Å²) in [5, 5.41) is 17.9. The lowest BCUT2D eigenvalue weighted by Crippen LogP contribution is -2.35. The fourth-order valence-corrected chi connectivity index (χ4v) is 4.41. The maximum Gasteiger partial charge on any atom is 0.283 e. The highest BCUT2D eigenvalue weighted by molar-refractivity contribution is 8.26. The Hall–Kier alpha value is -3.71. The van der Waals surface area contributed by atoms with Crippen LogP contribution in [0.4, 0.5) is 0 Å². The molecular formula is C25H20N4O2S. The number of amidine groups is 2. The molecule has 0 spiro atoms. The van der Waals surface area contributed by atoms with Gasteiger partial charge < -0.3 is 4.74 Å². The van der Waals surface area contributed by atoms with E-state index in [2.05, 4.69) is 34.4 Å². The molecule has 0 aliphatic carbocycles. The number of carbonyl (C=O) groups is 1. The van der Waals surface area contributed by atoms with Crippen LogP contribution in [0.1, 0.15) is 24.5 Å². The molecule has 1 amide bonds. The minimum Gasteiger partial charge on any atom is -0.489 e. The highest BCUT2D eigenvalue weighted by Gasteiger charge is 2.34. The predicted molar refractivity (Wildman–Crippen MR) is 130 cm³/mol. The second-order valence-corrected chi connectivity index (χ2v) is 8.40. The molecule has 2 aliphatic rings. The fourth-order valence-electron chi connectivity index (χ4n) is 3.58. The van der Waals surface area contributed by atoms with Crippen LogP contribution < -0.4 is 4.74 Å². The van der Waals surface area contributed by atoms with Gasteiger partial charge in [0.25, 0.3) is 5.91 Å². The second kappa shape index (κ2) is 8.43. The Bertz CT molecular complexity index is 1320. The summed E-state index contributed by atoms with van der Waals surface area (Å²) in [6, 6.07) is 21.9. The number of fused-ring (bicyclic) bond motifs is 2. The summed E-state index contributed by atoms with van der Waals surface area (Å²) in [7, 11) is 0. The number of aliphatic imine (C=N–C) groups is 1. The molecule has 0 unspecified atom stereocenters. The number of nitrogens with zero attached hydrogens (tertiary/aromatic N) is 3. The first kappa shape index (κ1) is 20.2. The van der Waals surface area contributed by atoms with Crippen LogP contribution >= 0.6 is 11.8 Å². The highest BCUT2D eigenvalue weighted by Crippen LogP contribution is 2.29. The molecule has 0 bridgehead atoms. The Labute approximate surface area is 189 Å². The largest absolute Gasteiger partial charge is 0.489 e. The Kier molecular flexibility index (Phi) is 5.33. The van der Waals surface area contributed by atoms with Crippen molar-refractivity contribution in [3.8, 4) is 5.75 Å². The lowest BCUT2D eigenvalue weighted by molar-refractivity contribution is -0.114. The summed E-state index contributed by atoms with van der Waals surface area (Å²) in [4.78, 5) is 16.6. The number of nitrogens with one attached hydrogen (secondary N) is 1. The highest BCUT2D eigenvalue weighted by atomic mass is 32.2. The van der Waals surface area contributed by atoms with E-state index in [0.29, 0.717) is 11.8 Å². The van der Waals surface area contributed by atoms with Gasteiger partial charge in [-0.3, -0.25) is 10.2 Å². The third kappa shape index (κ3) is 3.83. The lowest BCUT2D eigenvalue weighted by Gasteiger charge is -2.20. The van der Waals surface area contributed by atoms with Crippen LogP contribution in [-0.2, 0) is 11.4 Å². The predicted octanol–water partition coefficient (Wildman–Crippen LogP) is 5.45. The number of benzene rings is 3. The number of amides is 1. The van der Waals surface area contributed by atoms with Gasteiger partial charge in [0, 0.05) is 0 Å². The third-order valence-corrected chi connectivity index (χ3v) is 6.32. The Morgan fingerprint density at radius 1 is 1.06 bits per heavy atom. The first-order chi connectivity index (χ1) is 15.6. The topological polar surface area (TPSA) is 78.1 Å². The molecular weight excluding hydrogens is 420 g/mol. The van der Waals surface area contributed by atoms with Crippen molar-refractivity contribution in [3.05, 3.63) is 83.4 Å². The molecule has 7 heteroatoms. The number of ether oxygens (including phenoxy) is 1. The third-order valence-electron chi connectivity index (χ3n) is 5.26. The molecule has 0 aromatic heterocycles. The first-order valence-electron chi connectivity index (χ1n) is 10.3. The molecule has 0 atom stereocenters. The normalized spacial score (nSPS) is 16.9. The fraction of sp³-hybridized carbons (Fsp3) is 0.120. The monoisotopic (exact) mass is 440 g/mol. The smallest absolute Gasteiger partial charge is 0.283 e.